The maximum absolute atomic E-state index is 12.1. The minimum absolute atomic E-state index is 0.230. The van der Waals surface area contributed by atoms with Gasteiger partial charge in [0, 0.05) is 10.9 Å². The van der Waals surface area contributed by atoms with Crippen molar-refractivity contribution in [2.75, 3.05) is 0 Å². The van der Waals surface area contributed by atoms with Crippen LogP contribution in [0.3, 0.4) is 0 Å². The average Bonchev–Trinajstić information content (AvgIpc) is 2.75. The average molecular weight is 349 g/mol. The molecule has 0 N–H and O–H groups in total. The van der Waals surface area contributed by atoms with E-state index in [4.69, 9.17) is 0 Å². The van der Waals surface area contributed by atoms with Crippen LogP contribution in [-0.4, -0.2) is 22.1 Å². The molecule has 8 heteroatoms. The first-order chi connectivity index (χ1) is 9.34. The van der Waals surface area contributed by atoms with Gasteiger partial charge in [0.1, 0.15) is 0 Å². The molecule has 0 saturated heterocycles. The standard InChI is InChI=1S/C12H8BrF3N2O2/c13-8-3-1-2-7(4-8)5-10-17-11(20-18-10)6-9(19)12(14,15)16/h1-4H,5-6H2. The Morgan fingerprint density at radius 2 is 2.10 bits per heavy atom. The second-order valence-corrected chi connectivity index (χ2v) is 4.92. The smallest absolute Gasteiger partial charge is 0.339 e. The summed E-state index contributed by atoms with van der Waals surface area (Å²) >= 11 is 3.30. The van der Waals surface area contributed by atoms with E-state index in [1.54, 1.807) is 0 Å². The van der Waals surface area contributed by atoms with Gasteiger partial charge in [-0.2, -0.15) is 18.2 Å². The van der Waals surface area contributed by atoms with E-state index in [0.29, 0.717) is 6.42 Å². The summed E-state index contributed by atoms with van der Waals surface area (Å²) in [7, 11) is 0. The predicted molar refractivity (Wildman–Crippen MR) is 66.0 cm³/mol. The van der Waals surface area contributed by atoms with Gasteiger partial charge in [0.15, 0.2) is 5.82 Å². The number of hydrogen-bond donors (Lipinski definition) is 0. The number of benzene rings is 1. The van der Waals surface area contributed by atoms with E-state index >= 15 is 0 Å². The van der Waals surface area contributed by atoms with Crippen molar-refractivity contribution in [3.8, 4) is 0 Å². The van der Waals surface area contributed by atoms with Gasteiger partial charge in [-0.1, -0.05) is 33.2 Å². The van der Waals surface area contributed by atoms with Gasteiger partial charge in [0.2, 0.25) is 11.7 Å². The lowest BCUT2D eigenvalue weighted by molar-refractivity contribution is -0.170. The summed E-state index contributed by atoms with van der Waals surface area (Å²) in [4.78, 5) is 14.6. The van der Waals surface area contributed by atoms with Crippen LogP contribution in [0, 0.1) is 0 Å². The molecule has 106 valence electrons. The van der Waals surface area contributed by atoms with E-state index in [9.17, 15) is 18.0 Å². The van der Waals surface area contributed by atoms with E-state index in [-0.39, 0.29) is 11.7 Å². The third-order valence-corrected chi connectivity index (χ3v) is 2.88. The molecule has 0 atom stereocenters. The molecule has 0 fully saturated rings. The van der Waals surface area contributed by atoms with Crippen LogP contribution in [0.15, 0.2) is 33.3 Å². The molecule has 1 heterocycles. The molecule has 0 unspecified atom stereocenters. The zero-order valence-electron chi connectivity index (χ0n) is 9.95. The number of Topliss-reactive ketones (excluding diaryl/α,β-unsaturated/α-hetero) is 1. The van der Waals surface area contributed by atoms with E-state index in [1.165, 1.54) is 0 Å². The van der Waals surface area contributed by atoms with E-state index in [2.05, 4.69) is 30.6 Å². The second kappa shape index (κ2) is 5.74. The Balaban J connectivity index is 2.04. The van der Waals surface area contributed by atoms with Crippen LogP contribution in [0.4, 0.5) is 13.2 Å². The van der Waals surface area contributed by atoms with Crippen molar-refractivity contribution in [1.29, 1.82) is 0 Å². The van der Waals surface area contributed by atoms with Crippen molar-refractivity contribution in [2.45, 2.75) is 19.0 Å². The van der Waals surface area contributed by atoms with Gasteiger partial charge in [-0.25, -0.2) is 0 Å². The molecular formula is C12H8BrF3N2O2. The third kappa shape index (κ3) is 3.89. The number of carbonyl (C=O) groups is 1. The topological polar surface area (TPSA) is 56.0 Å². The zero-order chi connectivity index (χ0) is 14.8. The Morgan fingerprint density at radius 1 is 1.35 bits per heavy atom. The summed E-state index contributed by atoms with van der Waals surface area (Å²) < 4.78 is 41.8. The van der Waals surface area contributed by atoms with E-state index < -0.39 is 18.4 Å². The van der Waals surface area contributed by atoms with Crippen LogP contribution in [0.25, 0.3) is 0 Å². The Hall–Kier alpha value is -1.70. The fourth-order valence-corrected chi connectivity index (χ4v) is 1.95. The minimum Gasteiger partial charge on any atom is -0.339 e. The minimum atomic E-state index is -4.89. The molecule has 0 bridgehead atoms. The Morgan fingerprint density at radius 3 is 2.75 bits per heavy atom. The number of nitrogens with zero attached hydrogens (tertiary/aromatic N) is 2. The number of rotatable bonds is 4. The number of halogens is 4. The largest absolute Gasteiger partial charge is 0.450 e. The normalized spacial score (nSPS) is 11.6. The van der Waals surface area contributed by atoms with Crippen molar-refractivity contribution in [1.82, 2.24) is 10.1 Å². The first-order valence-electron chi connectivity index (χ1n) is 5.50. The molecule has 0 radical (unpaired) electrons. The molecule has 1 aromatic carbocycles. The fraction of sp³-hybridized carbons (Fsp3) is 0.250. The number of hydrogen-bond acceptors (Lipinski definition) is 4. The first-order valence-corrected chi connectivity index (χ1v) is 6.30. The first kappa shape index (κ1) is 14.7. The molecular weight excluding hydrogens is 341 g/mol. The molecule has 0 spiro atoms. The molecule has 0 amide bonds. The maximum atomic E-state index is 12.1. The molecule has 2 rings (SSSR count). The summed E-state index contributed by atoms with van der Waals surface area (Å²) in [5, 5.41) is 3.56. The van der Waals surface area contributed by atoms with Crippen LogP contribution >= 0.6 is 15.9 Å². The molecule has 4 nitrogen and oxygen atoms in total. The van der Waals surface area contributed by atoms with Gasteiger partial charge in [0.05, 0.1) is 6.42 Å². The van der Waals surface area contributed by atoms with Crippen LogP contribution in [0.2, 0.25) is 0 Å². The van der Waals surface area contributed by atoms with Crippen LogP contribution in [0.5, 0.6) is 0 Å². The van der Waals surface area contributed by atoms with Gasteiger partial charge in [-0.05, 0) is 17.7 Å². The lowest BCUT2D eigenvalue weighted by atomic mass is 10.1. The Bertz CT molecular complexity index is 625. The summed E-state index contributed by atoms with van der Waals surface area (Å²) in [6, 6.07) is 7.30. The van der Waals surface area contributed by atoms with Crippen LogP contribution in [0.1, 0.15) is 17.3 Å². The maximum Gasteiger partial charge on any atom is 0.450 e. The third-order valence-electron chi connectivity index (χ3n) is 2.39. The van der Waals surface area contributed by atoms with Crippen molar-refractivity contribution in [3.63, 3.8) is 0 Å². The van der Waals surface area contributed by atoms with E-state index in [1.807, 2.05) is 24.3 Å². The zero-order valence-corrected chi connectivity index (χ0v) is 11.5. The highest BCUT2D eigenvalue weighted by atomic mass is 79.9. The SMILES string of the molecule is O=C(Cc1nc(Cc2cccc(Br)c2)no1)C(F)(F)F. The van der Waals surface area contributed by atoms with Crippen molar-refractivity contribution < 1.29 is 22.5 Å². The van der Waals surface area contributed by atoms with Crippen molar-refractivity contribution >= 4 is 21.7 Å². The highest BCUT2D eigenvalue weighted by molar-refractivity contribution is 9.10. The highest BCUT2D eigenvalue weighted by Gasteiger charge is 2.39. The number of aromatic nitrogens is 2. The second-order valence-electron chi connectivity index (χ2n) is 4.01. The van der Waals surface area contributed by atoms with E-state index in [0.717, 1.165) is 10.0 Å². The van der Waals surface area contributed by atoms with Crippen molar-refractivity contribution in [2.24, 2.45) is 0 Å². The van der Waals surface area contributed by atoms with Gasteiger partial charge < -0.3 is 4.52 Å². The highest BCUT2D eigenvalue weighted by Crippen LogP contribution is 2.19. The predicted octanol–water partition coefficient (Wildman–Crippen LogP) is 3.10. The fourth-order valence-electron chi connectivity index (χ4n) is 1.50. The van der Waals surface area contributed by atoms with Crippen LogP contribution < -0.4 is 0 Å². The number of carbonyl (C=O) groups excluding carboxylic acids is 1. The molecule has 20 heavy (non-hydrogen) atoms. The molecule has 2 aromatic rings. The summed E-state index contributed by atoms with van der Waals surface area (Å²) in [6.45, 7) is 0. The Kier molecular flexibility index (Phi) is 4.22. The van der Waals surface area contributed by atoms with Crippen LogP contribution in [-0.2, 0) is 17.6 Å². The van der Waals surface area contributed by atoms with Gasteiger partial charge in [-0.3, -0.25) is 4.79 Å². The van der Waals surface area contributed by atoms with Crippen molar-refractivity contribution in [3.05, 3.63) is 46.0 Å². The molecule has 0 aliphatic heterocycles. The molecule has 0 aliphatic rings. The Labute approximate surface area is 120 Å². The summed E-state index contributed by atoms with van der Waals surface area (Å²) in [6.07, 6.45) is -5.52. The van der Waals surface area contributed by atoms with Gasteiger partial charge in [-0.15, -0.1) is 0 Å². The van der Waals surface area contributed by atoms with Gasteiger partial charge >= 0.3 is 6.18 Å². The molecule has 0 saturated carbocycles. The quantitative estimate of drug-likeness (QED) is 0.851. The monoisotopic (exact) mass is 348 g/mol. The molecule has 1 aromatic heterocycles. The van der Waals surface area contributed by atoms with Gasteiger partial charge in [0.25, 0.3) is 0 Å². The molecule has 0 aliphatic carbocycles. The summed E-state index contributed by atoms with van der Waals surface area (Å²) in [5.41, 5.74) is 0.869. The lowest BCUT2D eigenvalue weighted by Crippen LogP contribution is -2.24. The number of ketones is 1. The number of alkyl halides is 3. The summed E-state index contributed by atoms with van der Waals surface area (Å²) in [5.74, 6) is -2.01. The lowest BCUT2D eigenvalue weighted by Gasteiger charge is -2.00.